The average Bonchev–Trinajstić information content (AvgIpc) is 2.40. The molecule has 2 N–H and O–H groups in total. The van der Waals surface area contributed by atoms with Gasteiger partial charge in [-0.2, -0.15) is 4.39 Å². The molecule has 2 rings (SSSR count). The predicted molar refractivity (Wildman–Crippen MR) is 79.9 cm³/mol. The first kappa shape index (κ1) is 15.4. The van der Waals surface area contributed by atoms with Gasteiger partial charge in [-0.3, -0.25) is 10.1 Å². The topological polar surface area (TPSA) is 78.4 Å². The lowest BCUT2D eigenvalue weighted by Gasteiger charge is -2.11. The van der Waals surface area contributed by atoms with Crippen molar-refractivity contribution in [2.75, 3.05) is 0 Å². The molecule has 1 atom stereocenters. The van der Waals surface area contributed by atoms with Crippen LogP contribution >= 0.6 is 15.9 Å². The van der Waals surface area contributed by atoms with Gasteiger partial charge in [0.15, 0.2) is 0 Å². The average molecular weight is 355 g/mol. The fourth-order valence-electron chi connectivity index (χ4n) is 1.71. The Morgan fingerprint density at radius 2 is 2.05 bits per heavy atom. The van der Waals surface area contributed by atoms with Crippen molar-refractivity contribution in [2.45, 2.75) is 13.0 Å². The second kappa shape index (κ2) is 6.19. The van der Waals surface area contributed by atoms with Crippen LogP contribution in [0.5, 0.6) is 11.5 Å². The molecular weight excluding hydrogens is 343 g/mol. The third-order valence-corrected chi connectivity index (χ3v) is 3.45. The molecule has 0 heterocycles. The van der Waals surface area contributed by atoms with Gasteiger partial charge >= 0.3 is 5.69 Å². The Bertz CT molecular complexity index is 692. The highest BCUT2D eigenvalue weighted by Gasteiger charge is 2.15. The van der Waals surface area contributed by atoms with Crippen molar-refractivity contribution in [3.8, 4) is 11.5 Å². The number of nitrogens with two attached hydrogens (primary N) is 1. The van der Waals surface area contributed by atoms with E-state index >= 15 is 0 Å². The maximum absolute atomic E-state index is 13.5. The van der Waals surface area contributed by atoms with E-state index in [2.05, 4.69) is 15.9 Å². The van der Waals surface area contributed by atoms with Crippen LogP contribution < -0.4 is 10.5 Å². The van der Waals surface area contributed by atoms with E-state index in [9.17, 15) is 14.5 Å². The van der Waals surface area contributed by atoms with E-state index in [1.165, 1.54) is 6.07 Å². The molecule has 0 radical (unpaired) electrons. The number of nitro benzene ring substituents is 1. The summed E-state index contributed by atoms with van der Waals surface area (Å²) in [6.07, 6.45) is 0. The van der Waals surface area contributed by atoms with Crippen LogP contribution in [0.4, 0.5) is 10.1 Å². The van der Waals surface area contributed by atoms with E-state index in [0.29, 0.717) is 10.2 Å². The number of halogens is 2. The summed E-state index contributed by atoms with van der Waals surface area (Å²) in [6, 6.07) is 8.56. The summed E-state index contributed by atoms with van der Waals surface area (Å²) in [5, 5.41) is 10.6. The third-order valence-electron chi connectivity index (χ3n) is 2.83. The van der Waals surface area contributed by atoms with Gasteiger partial charge in [-0.05, 0) is 46.6 Å². The number of nitrogens with zero attached hydrogens (tertiary/aromatic N) is 1. The molecule has 7 heteroatoms. The zero-order valence-corrected chi connectivity index (χ0v) is 12.6. The van der Waals surface area contributed by atoms with Gasteiger partial charge in [0.25, 0.3) is 0 Å². The Kier molecular flexibility index (Phi) is 4.54. The fourth-order valence-corrected chi connectivity index (χ4v) is 2.19. The number of hydrogen-bond donors (Lipinski definition) is 1. The normalized spacial score (nSPS) is 12.0. The molecule has 0 aliphatic rings. The highest BCUT2D eigenvalue weighted by Crippen LogP contribution is 2.33. The number of rotatable bonds is 4. The molecule has 0 aromatic heterocycles. The molecule has 0 spiro atoms. The Balaban J connectivity index is 2.26. The number of ether oxygens (including phenoxy) is 1. The highest BCUT2D eigenvalue weighted by atomic mass is 79.9. The molecule has 5 nitrogen and oxygen atoms in total. The summed E-state index contributed by atoms with van der Waals surface area (Å²) < 4.78 is 19.7. The molecule has 1 unspecified atom stereocenters. The first-order valence-electron chi connectivity index (χ1n) is 6.05. The molecule has 0 amide bonds. The largest absolute Gasteiger partial charge is 0.456 e. The van der Waals surface area contributed by atoms with Crippen molar-refractivity contribution in [1.82, 2.24) is 0 Å². The van der Waals surface area contributed by atoms with Crippen molar-refractivity contribution in [3.05, 3.63) is 62.4 Å². The van der Waals surface area contributed by atoms with Crippen LogP contribution in [-0.4, -0.2) is 4.92 Å². The number of hydrogen-bond acceptors (Lipinski definition) is 4. The minimum atomic E-state index is -0.944. The first-order chi connectivity index (χ1) is 9.88. The molecule has 2 aromatic carbocycles. The maximum Gasteiger partial charge on any atom is 0.305 e. The monoisotopic (exact) mass is 354 g/mol. The third kappa shape index (κ3) is 3.56. The molecule has 0 fully saturated rings. The standard InChI is InChI=1S/C14H12BrFN2O3/c1-8(17)9-2-5-14(11(15)6-9)21-10-3-4-13(18(19)20)12(16)7-10/h2-8H,17H2,1H3. The van der Waals surface area contributed by atoms with E-state index in [1.54, 1.807) is 12.1 Å². The lowest BCUT2D eigenvalue weighted by Crippen LogP contribution is -2.04. The quantitative estimate of drug-likeness (QED) is 0.655. The Morgan fingerprint density at radius 1 is 1.33 bits per heavy atom. The van der Waals surface area contributed by atoms with Crippen LogP contribution in [0.15, 0.2) is 40.9 Å². The minimum absolute atomic E-state index is 0.118. The Labute approximate surface area is 128 Å². The lowest BCUT2D eigenvalue weighted by molar-refractivity contribution is -0.387. The van der Waals surface area contributed by atoms with Gasteiger partial charge in [-0.15, -0.1) is 0 Å². The minimum Gasteiger partial charge on any atom is -0.456 e. The first-order valence-corrected chi connectivity index (χ1v) is 6.84. The Morgan fingerprint density at radius 3 is 2.57 bits per heavy atom. The van der Waals surface area contributed by atoms with Crippen LogP contribution in [0.25, 0.3) is 0 Å². The molecule has 0 aliphatic carbocycles. The summed E-state index contributed by atoms with van der Waals surface area (Å²) in [6.45, 7) is 1.86. The SMILES string of the molecule is CC(N)c1ccc(Oc2ccc([N+](=O)[O-])c(F)c2)c(Br)c1. The zero-order chi connectivity index (χ0) is 15.6. The summed E-state index contributed by atoms with van der Waals surface area (Å²) in [4.78, 5) is 9.77. The van der Waals surface area contributed by atoms with Crippen molar-refractivity contribution in [1.29, 1.82) is 0 Å². The van der Waals surface area contributed by atoms with Crippen LogP contribution in [0.1, 0.15) is 18.5 Å². The van der Waals surface area contributed by atoms with Gasteiger partial charge < -0.3 is 10.5 Å². The van der Waals surface area contributed by atoms with Gasteiger partial charge in [0.05, 0.1) is 9.40 Å². The van der Waals surface area contributed by atoms with Gasteiger partial charge in [0.2, 0.25) is 5.82 Å². The molecule has 0 aliphatic heterocycles. The maximum atomic E-state index is 13.5. The Hall–Kier alpha value is -1.99. The van der Waals surface area contributed by atoms with Gasteiger partial charge in [-0.1, -0.05) is 6.07 Å². The second-order valence-electron chi connectivity index (χ2n) is 4.45. The molecule has 0 saturated carbocycles. The smallest absolute Gasteiger partial charge is 0.305 e. The van der Waals surface area contributed by atoms with E-state index in [1.807, 2.05) is 13.0 Å². The van der Waals surface area contributed by atoms with Crippen molar-refractivity contribution >= 4 is 21.6 Å². The van der Waals surface area contributed by atoms with Crippen molar-refractivity contribution in [2.24, 2.45) is 5.73 Å². The van der Waals surface area contributed by atoms with Crippen LogP contribution in [0.2, 0.25) is 0 Å². The summed E-state index contributed by atoms with van der Waals surface area (Å²) >= 11 is 3.35. The van der Waals surface area contributed by atoms with Crippen LogP contribution in [-0.2, 0) is 0 Å². The lowest BCUT2D eigenvalue weighted by atomic mass is 10.1. The predicted octanol–water partition coefficient (Wildman–Crippen LogP) is 4.31. The zero-order valence-electron chi connectivity index (χ0n) is 11.0. The van der Waals surface area contributed by atoms with E-state index in [0.717, 1.165) is 17.7 Å². The molecular formula is C14H12BrFN2O3. The summed E-state index contributed by atoms with van der Waals surface area (Å²) in [5.41, 5.74) is 6.11. The van der Waals surface area contributed by atoms with Gasteiger partial charge in [0.1, 0.15) is 11.5 Å². The van der Waals surface area contributed by atoms with Gasteiger partial charge in [-0.25, -0.2) is 0 Å². The van der Waals surface area contributed by atoms with Crippen molar-refractivity contribution in [3.63, 3.8) is 0 Å². The molecule has 110 valence electrons. The number of benzene rings is 2. The van der Waals surface area contributed by atoms with E-state index < -0.39 is 16.4 Å². The van der Waals surface area contributed by atoms with Gasteiger partial charge in [0, 0.05) is 18.2 Å². The molecule has 0 saturated heterocycles. The van der Waals surface area contributed by atoms with E-state index in [4.69, 9.17) is 10.5 Å². The van der Waals surface area contributed by atoms with Crippen LogP contribution in [0.3, 0.4) is 0 Å². The highest BCUT2D eigenvalue weighted by molar-refractivity contribution is 9.10. The van der Waals surface area contributed by atoms with Crippen molar-refractivity contribution < 1.29 is 14.1 Å². The molecule has 21 heavy (non-hydrogen) atoms. The fraction of sp³-hybridized carbons (Fsp3) is 0.143. The molecule has 2 aromatic rings. The number of nitro groups is 1. The summed E-state index contributed by atoms with van der Waals surface area (Å²) in [5.74, 6) is -0.305. The second-order valence-corrected chi connectivity index (χ2v) is 5.31. The summed E-state index contributed by atoms with van der Waals surface area (Å²) in [7, 11) is 0. The molecule has 0 bridgehead atoms. The van der Waals surface area contributed by atoms with Crippen LogP contribution in [0, 0.1) is 15.9 Å². The van der Waals surface area contributed by atoms with E-state index in [-0.39, 0.29) is 11.8 Å².